The molecule has 0 bridgehead atoms. The van der Waals surface area contributed by atoms with Gasteiger partial charge in [0.1, 0.15) is 0 Å². The van der Waals surface area contributed by atoms with E-state index in [9.17, 15) is 13.2 Å². The highest BCUT2D eigenvalue weighted by Gasteiger charge is 2.33. The molecular weight excluding hydrogens is 313 g/mol. The molecule has 4 N–H and O–H groups in total. The number of nitrogens with two attached hydrogens (primary N) is 2. The molecule has 122 valence electrons. The van der Waals surface area contributed by atoms with E-state index >= 15 is 0 Å². The molecule has 0 fully saturated rings. The van der Waals surface area contributed by atoms with Crippen LogP contribution < -0.4 is 11.5 Å². The Kier molecular flexibility index (Phi) is 3.93. The Labute approximate surface area is 137 Å². The first-order chi connectivity index (χ1) is 11.4. The topological polar surface area (TPSA) is 52.0 Å². The molecule has 2 nitrogen and oxygen atoms in total. The standard InChI is InChI=1S/C19H15F3N2/c20-19(21,22)18-4-2-1-3-16(18)17-11-14(24)9-10-15(17)12-5-7-13(23)8-6-12/h1-11H,23-24H2. The van der Waals surface area contributed by atoms with E-state index in [1.54, 1.807) is 48.5 Å². The zero-order valence-electron chi connectivity index (χ0n) is 12.6. The quantitative estimate of drug-likeness (QED) is 0.635. The Morgan fingerprint density at radius 3 is 1.92 bits per heavy atom. The van der Waals surface area contributed by atoms with Crippen molar-refractivity contribution in [3.63, 3.8) is 0 Å². The molecule has 3 rings (SSSR count). The zero-order valence-corrected chi connectivity index (χ0v) is 12.6. The summed E-state index contributed by atoms with van der Waals surface area (Å²) in [6, 6.07) is 17.4. The van der Waals surface area contributed by atoms with Gasteiger partial charge in [-0.3, -0.25) is 0 Å². The summed E-state index contributed by atoms with van der Waals surface area (Å²) in [5, 5.41) is 0. The fraction of sp³-hybridized carbons (Fsp3) is 0.0526. The number of rotatable bonds is 2. The smallest absolute Gasteiger partial charge is 0.399 e. The van der Waals surface area contributed by atoms with Crippen molar-refractivity contribution in [2.24, 2.45) is 0 Å². The van der Waals surface area contributed by atoms with Crippen LogP contribution in [-0.2, 0) is 6.18 Å². The summed E-state index contributed by atoms with van der Waals surface area (Å²) in [6.07, 6.45) is -4.44. The molecule has 3 aromatic rings. The number of alkyl halides is 3. The van der Waals surface area contributed by atoms with Gasteiger partial charge in [-0.05, 0) is 52.6 Å². The number of halogens is 3. The predicted molar refractivity (Wildman–Crippen MR) is 91.1 cm³/mol. The van der Waals surface area contributed by atoms with Gasteiger partial charge in [-0.1, -0.05) is 36.4 Å². The van der Waals surface area contributed by atoms with E-state index in [2.05, 4.69) is 0 Å². The maximum absolute atomic E-state index is 13.4. The summed E-state index contributed by atoms with van der Waals surface area (Å²) in [5.74, 6) is 0. The van der Waals surface area contributed by atoms with Gasteiger partial charge in [0, 0.05) is 11.4 Å². The molecule has 0 unspecified atom stereocenters. The first kappa shape index (κ1) is 15.9. The molecule has 0 aliphatic heterocycles. The number of benzene rings is 3. The summed E-state index contributed by atoms with van der Waals surface area (Å²) in [5.41, 5.74) is 13.8. The summed E-state index contributed by atoms with van der Waals surface area (Å²) >= 11 is 0. The van der Waals surface area contributed by atoms with Crippen LogP contribution in [0.1, 0.15) is 5.56 Å². The van der Waals surface area contributed by atoms with Crippen molar-refractivity contribution < 1.29 is 13.2 Å². The van der Waals surface area contributed by atoms with Crippen LogP contribution in [0.5, 0.6) is 0 Å². The molecule has 3 aromatic carbocycles. The molecule has 0 aliphatic carbocycles. The van der Waals surface area contributed by atoms with E-state index < -0.39 is 11.7 Å². The van der Waals surface area contributed by atoms with Crippen LogP contribution >= 0.6 is 0 Å². The van der Waals surface area contributed by atoms with Crippen molar-refractivity contribution in [1.82, 2.24) is 0 Å². The van der Waals surface area contributed by atoms with E-state index in [1.807, 2.05) is 0 Å². The average molecular weight is 328 g/mol. The third-order valence-corrected chi connectivity index (χ3v) is 3.79. The molecule has 0 amide bonds. The molecule has 0 aliphatic rings. The first-order valence-electron chi connectivity index (χ1n) is 7.28. The molecule has 0 saturated carbocycles. The summed E-state index contributed by atoms with van der Waals surface area (Å²) in [4.78, 5) is 0. The fourth-order valence-electron chi connectivity index (χ4n) is 2.66. The van der Waals surface area contributed by atoms with Crippen LogP contribution in [-0.4, -0.2) is 0 Å². The average Bonchev–Trinajstić information content (AvgIpc) is 2.55. The maximum atomic E-state index is 13.4. The third-order valence-electron chi connectivity index (χ3n) is 3.79. The van der Waals surface area contributed by atoms with Crippen LogP contribution in [0.2, 0.25) is 0 Å². The Morgan fingerprint density at radius 2 is 1.25 bits per heavy atom. The second-order valence-electron chi connectivity index (χ2n) is 5.47. The molecule has 0 spiro atoms. The minimum atomic E-state index is -4.44. The van der Waals surface area contributed by atoms with Crippen LogP contribution in [0.3, 0.4) is 0 Å². The van der Waals surface area contributed by atoms with Crippen LogP contribution in [0.25, 0.3) is 22.3 Å². The molecule has 0 heterocycles. The second kappa shape index (κ2) is 5.92. The van der Waals surface area contributed by atoms with Crippen molar-refractivity contribution in [2.45, 2.75) is 6.18 Å². The third kappa shape index (κ3) is 3.06. The molecule has 24 heavy (non-hydrogen) atoms. The second-order valence-corrected chi connectivity index (χ2v) is 5.47. The molecular formula is C19H15F3N2. The lowest BCUT2D eigenvalue weighted by Gasteiger charge is -2.17. The molecule has 0 aromatic heterocycles. The van der Waals surface area contributed by atoms with Crippen LogP contribution in [0, 0.1) is 0 Å². The number of hydrogen-bond acceptors (Lipinski definition) is 2. The van der Waals surface area contributed by atoms with Crippen molar-refractivity contribution in [3.8, 4) is 22.3 Å². The zero-order chi connectivity index (χ0) is 17.3. The highest BCUT2D eigenvalue weighted by Crippen LogP contribution is 2.41. The van der Waals surface area contributed by atoms with Gasteiger partial charge in [-0.15, -0.1) is 0 Å². The van der Waals surface area contributed by atoms with E-state index in [1.165, 1.54) is 12.1 Å². The molecule has 5 heteroatoms. The van der Waals surface area contributed by atoms with Crippen molar-refractivity contribution in [1.29, 1.82) is 0 Å². The Balaban J connectivity index is 2.26. The van der Waals surface area contributed by atoms with Gasteiger partial charge in [0.25, 0.3) is 0 Å². The highest BCUT2D eigenvalue weighted by atomic mass is 19.4. The van der Waals surface area contributed by atoms with Crippen molar-refractivity contribution >= 4 is 11.4 Å². The minimum absolute atomic E-state index is 0.101. The van der Waals surface area contributed by atoms with Gasteiger partial charge in [-0.2, -0.15) is 13.2 Å². The van der Waals surface area contributed by atoms with Gasteiger partial charge in [-0.25, -0.2) is 0 Å². The normalized spacial score (nSPS) is 11.5. The SMILES string of the molecule is Nc1ccc(-c2ccc(N)cc2-c2ccccc2C(F)(F)F)cc1. The fourth-order valence-corrected chi connectivity index (χ4v) is 2.66. The monoisotopic (exact) mass is 328 g/mol. The minimum Gasteiger partial charge on any atom is -0.399 e. The van der Waals surface area contributed by atoms with E-state index in [-0.39, 0.29) is 5.56 Å². The lowest BCUT2D eigenvalue weighted by atomic mass is 9.91. The molecule has 0 radical (unpaired) electrons. The Bertz CT molecular complexity index is 869. The van der Waals surface area contributed by atoms with Crippen molar-refractivity contribution in [2.75, 3.05) is 11.5 Å². The van der Waals surface area contributed by atoms with E-state index in [0.717, 1.165) is 11.6 Å². The predicted octanol–water partition coefficient (Wildman–Crippen LogP) is 5.20. The van der Waals surface area contributed by atoms with Gasteiger partial charge in [0.15, 0.2) is 0 Å². The van der Waals surface area contributed by atoms with Crippen LogP contribution in [0.4, 0.5) is 24.5 Å². The van der Waals surface area contributed by atoms with Gasteiger partial charge in [0.2, 0.25) is 0 Å². The van der Waals surface area contributed by atoms with Crippen molar-refractivity contribution in [3.05, 3.63) is 72.3 Å². The molecule has 0 saturated heterocycles. The maximum Gasteiger partial charge on any atom is 0.417 e. The van der Waals surface area contributed by atoms with Gasteiger partial charge >= 0.3 is 6.18 Å². The van der Waals surface area contributed by atoms with Gasteiger partial charge < -0.3 is 11.5 Å². The lowest BCUT2D eigenvalue weighted by Crippen LogP contribution is -2.07. The Morgan fingerprint density at radius 1 is 0.625 bits per heavy atom. The largest absolute Gasteiger partial charge is 0.417 e. The lowest BCUT2D eigenvalue weighted by molar-refractivity contribution is -0.137. The van der Waals surface area contributed by atoms with E-state index in [0.29, 0.717) is 22.5 Å². The number of nitrogen functional groups attached to an aromatic ring is 2. The number of hydrogen-bond donors (Lipinski definition) is 2. The first-order valence-corrected chi connectivity index (χ1v) is 7.28. The highest BCUT2D eigenvalue weighted by molar-refractivity contribution is 5.87. The van der Waals surface area contributed by atoms with Crippen LogP contribution in [0.15, 0.2) is 66.7 Å². The Hall–Kier alpha value is -2.95. The summed E-state index contributed by atoms with van der Waals surface area (Å²) < 4.78 is 40.1. The number of anilines is 2. The summed E-state index contributed by atoms with van der Waals surface area (Å²) in [7, 11) is 0. The van der Waals surface area contributed by atoms with Gasteiger partial charge in [0.05, 0.1) is 5.56 Å². The van der Waals surface area contributed by atoms with E-state index in [4.69, 9.17) is 11.5 Å². The summed E-state index contributed by atoms with van der Waals surface area (Å²) in [6.45, 7) is 0. The molecule has 0 atom stereocenters.